The zero-order valence-corrected chi connectivity index (χ0v) is 28.9. The van der Waals surface area contributed by atoms with Gasteiger partial charge in [0.25, 0.3) is 0 Å². The molecule has 2 atom stereocenters. The summed E-state index contributed by atoms with van der Waals surface area (Å²) in [4.78, 5) is 46.2. The number of pyridine rings is 4. The maximum absolute atomic E-state index is 12.1. The third kappa shape index (κ3) is 6.82. The van der Waals surface area contributed by atoms with Gasteiger partial charge in [-0.2, -0.15) is 5.26 Å². The number of para-hydroxylation sites is 2. The predicted molar refractivity (Wildman–Crippen MR) is 197 cm³/mol. The molecule has 0 saturated carbocycles. The summed E-state index contributed by atoms with van der Waals surface area (Å²) in [5.74, 6) is 2.97. The van der Waals surface area contributed by atoms with Gasteiger partial charge in [-0.15, -0.1) is 0 Å². The average Bonchev–Trinajstić information content (AvgIpc) is 3.14. The molecule has 51 heavy (non-hydrogen) atoms. The number of fused-ring (bicyclic) bond motifs is 6. The second kappa shape index (κ2) is 14.5. The minimum Gasteiger partial charge on any atom is -0.495 e. The van der Waals surface area contributed by atoms with Crippen LogP contribution in [-0.4, -0.2) is 83.0 Å². The van der Waals surface area contributed by atoms with Crippen LogP contribution in [0.2, 0.25) is 0 Å². The summed E-state index contributed by atoms with van der Waals surface area (Å²) < 4.78 is 5.52. The van der Waals surface area contributed by atoms with Gasteiger partial charge < -0.3 is 25.6 Å². The number of piperazine rings is 1. The van der Waals surface area contributed by atoms with E-state index >= 15 is 0 Å². The first kappa shape index (κ1) is 33.6. The van der Waals surface area contributed by atoms with Crippen LogP contribution in [0.3, 0.4) is 0 Å². The summed E-state index contributed by atoms with van der Waals surface area (Å²) in [5, 5.41) is 20.2. The van der Waals surface area contributed by atoms with Gasteiger partial charge in [-0.1, -0.05) is 38.1 Å². The molecule has 1 fully saturated rings. The van der Waals surface area contributed by atoms with E-state index in [0.717, 1.165) is 83.9 Å². The Morgan fingerprint density at radius 1 is 0.843 bits per heavy atom. The van der Waals surface area contributed by atoms with Gasteiger partial charge in [-0.3, -0.25) is 24.5 Å². The number of nitrogens with zero attached hydrogens (tertiary/aromatic N) is 7. The van der Waals surface area contributed by atoms with Crippen LogP contribution < -0.4 is 25.6 Å². The standard InChI is InChI=1S/C25H30N6O2.C13H10N4O/c1-17-16-21(32)28-24-22(17)18-6-5-9-26-23(18)25(29-24)27-10-11-30-12-14-31(15-13-30)19-7-3-4-8-20(19)33-2;1-7-5-10(18)17-13-11(7)8-3-2-4-15-12(8)9(6-14)16-13/h3-9,17H,10-16H2,1-2H3,(H2,27,28,29,32);2-4,7H,5H2,1H3,(H,16,17,18). The first-order valence-electron chi connectivity index (χ1n) is 17.3. The lowest BCUT2D eigenvalue weighted by atomic mass is 9.91. The fourth-order valence-electron chi connectivity index (χ4n) is 7.28. The summed E-state index contributed by atoms with van der Waals surface area (Å²) in [6.07, 6.45) is 4.35. The number of carbonyl (C=O) groups is 2. The van der Waals surface area contributed by atoms with Crippen molar-refractivity contribution in [2.75, 3.05) is 67.2 Å². The Bertz CT molecular complexity index is 2160. The van der Waals surface area contributed by atoms with Crippen molar-refractivity contribution in [3.63, 3.8) is 0 Å². The van der Waals surface area contributed by atoms with Crippen LogP contribution in [0.25, 0.3) is 21.8 Å². The highest BCUT2D eigenvalue weighted by Crippen LogP contribution is 2.39. The summed E-state index contributed by atoms with van der Waals surface area (Å²) in [6.45, 7) is 9.64. The van der Waals surface area contributed by atoms with E-state index in [-0.39, 0.29) is 29.3 Å². The van der Waals surface area contributed by atoms with E-state index in [9.17, 15) is 9.59 Å². The molecule has 1 aromatic carbocycles. The molecule has 2 amide bonds. The van der Waals surface area contributed by atoms with E-state index in [1.165, 1.54) is 0 Å². The number of amides is 2. The molecule has 3 N–H and O–H groups in total. The van der Waals surface area contributed by atoms with Gasteiger partial charge in [0.15, 0.2) is 11.5 Å². The maximum Gasteiger partial charge on any atom is 0.226 e. The van der Waals surface area contributed by atoms with Crippen molar-refractivity contribution < 1.29 is 14.3 Å². The minimum atomic E-state index is -0.0605. The van der Waals surface area contributed by atoms with E-state index in [2.05, 4.69) is 65.8 Å². The number of anilines is 4. The highest BCUT2D eigenvalue weighted by atomic mass is 16.5. The Hall–Kier alpha value is -5.87. The Morgan fingerprint density at radius 2 is 1.45 bits per heavy atom. The van der Waals surface area contributed by atoms with Crippen LogP contribution in [0.4, 0.5) is 23.1 Å². The number of aromatic nitrogens is 4. The van der Waals surface area contributed by atoms with Gasteiger partial charge in [0.2, 0.25) is 11.8 Å². The molecule has 4 aromatic heterocycles. The predicted octanol–water partition coefficient (Wildman–Crippen LogP) is 5.27. The van der Waals surface area contributed by atoms with Crippen molar-refractivity contribution in [1.82, 2.24) is 24.8 Å². The van der Waals surface area contributed by atoms with Crippen LogP contribution in [-0.2, 0) is 9.59 Å². The quantitative estimate of drug-likeness (QED) is 0.214. The van der Waals surface area contributed by atoms with Gasteiger partial charge in [0, 0.05) is 86.4 Å². The van der Waals surface area contributed by atoms with E-state index in [1.807, 2.05) is 43.3 Å². The molecule has 2 unspecified atom stereocenters. The lowest BCUT2D eigenvalue weighted by Crippen LogP contribution is -2.47. The molecule has 5 aromatic rings. The van der Waals surface area contributed by atoms with Crippen molar-refractivity contribution in [2.24, 2.45) is 0 Å². The molecular formula is C38H40N10O3. The van der Waals surface area contributed by atoms with Crippen molar-refractivity contribution in [2.45, 2.75) is 38.5 Å². The molecule has 0 bridgehead atoms. The van der Waals surface area contributed by atoms with E-state index in [0.29, 0.717) is 30.0 Å². The van der Waals surface area contributed by atoms with Crippen LogP contribution in [0.5, 0.6) is 5.75 Å². The second-order valence-electron chi connectivity index (χ2n) is 13.1. The minimum absolute atomic E-state index is 0.0182. The number of carbonyl (C=O) groups excluding carboxylic acids is 2. The van der Waals surface area contributed by atoms with E-state index < -0.39 is 0 Å². The van der Waals surface area contributed by atoms with E-state index in [4.69, 9.17) is 15.0 Å². The van der Waals surface area contributed by atoms with Crippen LogP contribution in [0.15, 0.2) is 60.9 Å². The Morgan fingerprint density at radius 3 is 2.10 bits per heavy atom. The lowest BCUT2D eigenvalue weighted by Gasteiger charge is -2.36. The smallest absolute Gasteiger partial charge is 0.226 e. The SMILES string of the molecule is CC1CC(=O)Nc2nc(C#N)c3ncccc3c21.COc1ccccc1N1CCN(CCNc2nc3c(c4cccnc24)C(C)CC(=O)N3)CC1. The molecule has 8 rings (SSSR count). The van der Waals surface area contributed by atoms with Gasteiger partial charge in [-0.25, -0.2) is 9.97 Å². The molecule has 260 valence electrons. The van der Waals surface area contributed by atoms with Crippen molar-refractivity contribution in [3.8, 4) is 11.8 Å². The average molecular weight is 685 g/mol. The molecular weight excluding hydrogens is 644 g/mol. The summed E-state index contributed by atoms with van der Waals surface area (Å²) in [7, 11) is 1.72. The molecule has 0 aliphatic carbocycles. The molecule has 13 heteroatoms. The number of hydrogen-bond donors (Lipinski definition) is 3. The molecule has 1 saturated heterocycles. The fraction of sp³-hybridized carbons (Fsp3) is 0.342. The Balaban J connectivity index is 0.000000190. The number of ether oxygens (including phenoxy) is 1. The zero-order chi connectivity index (χ0) is 35.5. The summed E-state index contributed by atoms with van der Waals surface area (Å²) in [6, 6.07) is 18.0. The molecule has 3 aliphatic rings. The highest BCUT2D eigenvalue weighted by molar-refractivity contribution is 6.02. The van der Waals surface area contributed by atoms with E-state index in [1.54, 1.807) is 19.5 Å². The normalized spacial score (nSPS) is 18.4. The van der Waals surface area contributed by atoms with Gasteiger partial charge in [0.1, 0.15) is 34.5 Å². The number of nitrogens with one attached hydrogen (secondary N) is 3. The summed E-state index contributed by atoms with van der Waals surface area (Å²) in [5.41, 5.74) is 4.91. The monoisotopic (exact) mass is 684 g/mol. The molecule has 13 nitrogen and oxygen atoms in total. The van der Waals surface area contributed by atoms with Crippen LogP contribution >= 0.6 is 0 Å². The topological polar surface area (TPSA) is 161 Å². The van der Waals surface area contributed by atoms with Crippen molar-refractivity contribution in [3.05, 3.63) is 77.7 Å². The fourth-order valence-corrected chi connectivity index (χ4v) is 7.28. The van der Waals surface area contributed by atoms with Crippen LogP contribution in [0, 0.1) is 11.3 Å². The van der Waals surface area contributed by atoms with Gasteiger partial charge in [0.05, 0.1) is 12.8 Å². The lowest BCUT2D eigenvalue weighted by molar-refractivity contribution is -0.117. The number of benzene rings is 1. The van der Waals surface area contributed by atoms with Crippen molar-refractivity contribution >= 4 is 56.8 Å². The third-order valence-electron chi connectivity index (χ3n) is 9.71. The maximum atomic E-state index is 12.1. The number of nitriles is 1. The summed E-state index contributed by atoms with van der Waals surface area (Å²) >= 11 is 0. The molecule has 3 aliphatic heterocycles. The first-order chi connectivity index (χ1) is 24.8. The molecule has 7 heterocycles. The zero-order valence-electron chi connectivity index (χ0n) is 28.9. The Labute approximate surface area is 296 Å². The largest absolute Gasteiger partial charge is 0.495 e. The number of hydrogen-bond acceptors (Lipinski definition) is 11. The Kier molecular flexibility index (Phi) is 9.59. The van der Waals surface area contributed by atoms with Crippen molar-refractivity contribution in [1.29, 1.82) is 5.26 Å². The number of methoxy groups -OCH3 is 1. The van der Waals surface area contributed by atoms with Gasteiger partial charge in [-0.05, 0) is 36.1 Å². The van der Waals surface area contributed by atoms with Crippen LogP contribution in [0.1, 0.15) is 55.3 Å². The molecule has 0 radical (unpaired) electrons. The second-order valence-corrected chi connectivity index (χ2v) is 13.1. The first-order valence-corrected chi connectivity index (χ1v) is 17.3. The number of rotatable bonds is 6. The van der Waals surface area contributed by atoms with Gasteiger partial charge >= 0.3 is 0 Å². The highest BCUT2D eigenvalue weighted by Gasteiger charge is 2.28. The third-order valence-corrected chi connectivity index (χ3v) is 9.71. The molecule has 0 spiro atoms.